The van der Waals surface area contributed by atoms with Crippen LogP contribution in [0, 0.1) is 0 Å². The van der Waals surface area contributed by atoms with Crippen LogP contribution in [0.2, 0.25) is 0 Å². The molecule has 0 radical (unpaired) electrons. The van der Waals surface area contributed by atoms with Crippen molar-refractivity contribution in [2.24, 2.45) is 4.99 Å². The van der Waals surface area contributed by atoms with Crippen molar-refractivity contribution in [2.45, 2.75) is 13.2 Å². The van der Waals surface area contributed by atoms with Crippen molar-refractivity contribution in [1.29, 1.82) is 0 Å². The Labute approximate surface area is 89.8 Å². The molecule has 0 aromatic carbocycles. The number of nitrogens with zero attached hydrogens (tertiary/aromatic N) is 1. The molecule has 0 saturated heterocycles. The Kier molecular flexibility index (Phi) is 6.80. The topological polar surface area (TPSA) is 33.6 Å². The van der Waals surface area contributed by atoms with E-state index in [4.69, 9.17) is 16.3 Å². The Morgan fingerprint density at radius 3 is 2.71 bits per heavy atom. The first kappa shape index (κ1) is 12.9. The van der Waals surface area contributed by atoms with E-state index in [1.807, 2.05) is 6.92 Å². The Morgan fingerprint density at radius 2 is 2.21 bits per heavy atom. The van der Waals surface area contributed by atoms with Gasteiger partial charge in [0, 0.05) is 19.0 Å². The minimum Gasteiger partial charge on any atom is -0.362 e. The first-order valence-electron chi connectivity index (χ1n) is 4.10. The predicted octanol–water partition coefficient (Wildman–Crippen LogP) is 2.42. The smallest absolute Gasteiger partial charge is 0.129 e. The fourth-order valence-electron chi connectivity index (χ4n) is 0.668. The third kappa shape index (κ3) is 6.46. The third-order valence-corrected chi connectivity index (χ3v) is 1.60. The maximum atomic E-state index is 5.69. The van der Waals surface area contributed by atoms with Crippen molar-refractivity contribution in [1.82, 2.24) is 5.32 Å². The Hall–Kier alpha value is -1.06. The van der Waals surface area contributed by atoms with Gasteiger partial charge in [-0.3, -0.25) is 0 Å². The standard InChI is InChI=1S/C10H15ClN2O/c1-5-12-10(11)7-6-8(2)13-9(3)14-4/h5-7,9,13H,1-2H2,3-4H3/b7-6-,12-10+. The molecule has 0 aliphatic rings. The number of methoxy groups -OCH3 is 1. The molecule has 1 unspecified atom stereocenters. The lowest BCUT2D eigenvalue weighted by Gasteiger charge is -2.12. The van der Waals surface area contributed by atoms with E-state index in [2.05, 4.69) is 23.5 Å². The van der Waals surface area contributed by atoms with Gasteiger partial charge in [-0.05, 0) is 19.1 Å². The van der Waals surface area contributed by atoms with Crippen LogP contribution in [-0.4, -0.2) is 18.5 Å². The second kappa shape index (κ2) is 7.35. The van der Waals surface area contributed by atoms with Gasteiger partial charge in [0.25, 0.3) is 0 Å². The number of hydrogen-bond donors (Lipinski definition) is 1. The van der Waals surface area contributed by atoms with Crippen molar-refractivity contribution in [3.8, 4) is 0 Å². The molecule has 1 N–H and O–H groups in total. The van der Waals surface area contributed by atoms with Gasteiger partial charge in [-0.1, -0.05) is 24.8 Å². The summed E-state index contributed by atoms with van der Waals surface area (Å²) in [5.74, 6) is 0. The lowest BCUT2D eigenvalue weighted by atomic mass is 10.4. The van der Waals surface area contributed by atoms with Crippen LogP contribution in [0.15, 0.2) is 42.2 Å². The molecule has 4 heteroatoms. The molecule has 3 nitrogen and oxygen atoms in total. The van der Waals surface area contributed by atoms with E-state index in [1.54, 1.807) is 19.3 Å². The third-order valence-electron chi connectivity index (χ3n) is 1.38. The van der Waals surface area contributed by atoms with Crippen molar-refractivity contribution in [3.63, 3.8) is 0 Å². The molecule has 0 fully saturated rings. The van der Waals surface area contributed by atoms with Crippen LogP contribution < -0.4 is 5.32 Å². The van der Waals surface area contributed by atoms with Gasteiger partial charge in [-0.2, -0.15) is 0 Å². The summed E-state index contributed by atoms with van der Waals surface area (Å²) < 4.78 is 4.99. The molecule has 1 atom stereocenters. The lowest BCUT2D eigenvalue weighted by molar-refractivity contribution is 0.0995. The predicted molar refractivity (Wildman–Crippen MR) is 61.4 cm³/mol. The van der Waals surface area contributed by atoms with Crippen LogP contribution in [0.25, 0.3) is 0 Å². The molecule has 0 aromatic heterocycles. The zero-order valence-electron chi connectivity index (χ0n) is 8.46. The van der Waals surface area contributed by atoms with E-state index >= 15 is 0 Å². The number of allylic oxidation sites excluding steroid dienone is 2. The molecule has 0 heterocycles. The van der Waals surface area contributed by atoms with E-state index in [-0.39, 0.29) is 6.23 Å². The second-order valence-electron chi connectivity index (χ2n) is 2.52. The van der Waals surface area contributed by atoms with E-state index in [1.165, 1.54) is 6.20 Å². The van der Waals surface area contributed by atoms with Crippen LogP contribution in [0.4, 0.5) is 0 Å². The van der Waals surface area contributed by atoms with Crippen molar-refractivity contribution in [3.05, 3.63) is 37.2 Å². The van der Waals surface area contributed by atoms with Gasteiger partial charge in [-0.25, -0.2) is 4.99 Å². The van der Waals surface area contributed by atoms with Gasteiger partial charge in [0.1, 0.15) is 11.4 Å². The minimum absolute atomic E-state index is 0.0812. The summed E-state index contributed by atoms with van der Waals surface area (Å²) >= 11 is 5.69. The van der Waals surface area contributed by atoms with Gasteiger partial charge in [0.2, 0.25) is 0 Å². The number of aliphatic imine (C=N–C) groups is 1. The highest BCUT2D eigenvalue weighted by Crippen LogP contribution is 1.95. The van der Waals surface area contributed by atoms with Crippen LogP contribution >= 0.6 is 11.6 Å². The van der Waals surface area contributed by atoms with E-state index in [0.717, 1.165) is 0 Å². The Morgan fingerprint density at radius 1 is 1.57 bits per heavy atom. The monoisotopic (exact) mass is 214 g/mol. The first-order valence-corrected chi connectivity index (χ1v) is 4.48. The molecule has 0 saturated carbocycles. The molecule has 0 bridgehead atoms. The fourth-order valence-corrected chi connectivity index (χ4v) is 0.800. The summed E-state index contributed by atoms with van der Waals surface area (Å²) in [6.45, 7) is 9.06. The Balaban J connectivity index is 4.05. The van der Waals surface area contributed by atoms with E-state index in [9.17, 15) is 0 Å². The summed E-state index contributed by atoms with van der Waals surface area (Å²) in [4.78, 5) is 3.75. The summed E-state index contributed by atoms with van der Waals surface area (Å²) in [7, 11) is 1.61. The largest absolute Gasteiger partial charge is 0.362 e. The second-order valence-corrected chi connectivity index (χ2v) is 2.90. The van der Waals surface area contributed by atoms with E-state index < -0.39 is 0 Å². The molecule has 14 heavy (non-hydrogen) atoms. The van der Waals surface area contributed by atoms with E-state index in [0.29, 0.717) is 10.9 Å². The molecule has 0 amide bonds. The van der Waals surface area contributed by atoms with Gasteiger partial charge in [-0.15, -0.1) is 0 Å². The number of halogens is 1. The number of nitrogens with one attached hydrogen (secondary N) is 1. The SMILES string of the molecule is C=C/N=C(Cl)\C=C/C(=C)NC(C)OC. The molecule has 0 spiro atoms. The Bertz CT molecular complexity index is 259. The summed E-state index contributed by atoms with van der Waals surface area (Å²) in [6.07, 6.45) is 4.63. The summed E-state index contributed by atoms with van der Waals surface area (Å²) in [5, 5.41) is 3.34. The normalized spacial score (nSPS) is 14.1. The summed E-state index contributed by atoms with van der Waals surface area (Å²) in [6, 6.07) is 0. The minimum atomic E-state index is -0.0812. The molecule has 0 aliphatic heterocycles. The summed E-state index contributed by atoms with van der Waals surface area (Å²) in [5.41, 5.74) is 0.705. The van der Waals surface area contributed by atoms with Crippen LogP contribution in [0.3, 0.4) is 0 Å². The zero-order valence-corrected chi connectivity index (χ0v) is 9.21. The lowest BCUT2D eigenvalue weighted by Crippen LogP contribution is -2.25. The molecule has 78 valence electrons. The molecule has 0 aliphatic carbocycles. The number of hydrogen-bond acceptors (Lipinski definition) is 3. The molecule has 0 aromatic rings. The van der Waals surface area contributed by atoms with Gasteiger partial charge in [0.15, 0.2) is 0 Å². The van der Waals surface area contributed by atoms with Crippen LogP contribution in [0.5, 0.6) is 0 Å². The quantitative estimate of drug-likeness (QED) is 0.419. The molecular formula is C10H15ClN2O. The van der Waals surface area contributed by atoms with Gasteiger partial charge in [0.05, 0.1) is 0 Å². The highest BCUT2D eigenvalue weighted by Gasteiger charge is 1.96. The maximum absolute atomic E-state index is 5.69. The van der Waals surface area contributed by atoms with Gasteiger partial charge >= 0.3 is 0 Å². The first-order chi connectivity index (χ1) is 6.60. The van der Waals surface area contributed by atoms with Crippen molar-refractivity contribution in [2.75, 3.05) is 7.11 Å². The molecular weight excluding hydrogens is 200 g/mol. The zero-order chi connectivity index (χ0) is 11.0. The van der Waals surface area contributed by atoms with Crippen LogP contribution in [-0.2, 0) is 4.74 Å². The van der Waals surface area contributed by atoms with Crippen molar-refractivity contribution >= 4 is 16.8 Å². The van der Waals surface area contributed by atoms with Crippen LogP contribution in [0.1, 0.15) is 6.92 Å². The maximum Gasteiger partial charge on any atom is 0.129 e. The fraction of sp³-hybridized carbons (Fsp3) is 0.300. The highest BCUT2D eigenvalue weighted by atomic mass is 35.5. The highest BCUT2D eigenvalue weighted by molar-refractivity contribution is 6.68. The van der Waals surface area contributed by atoms with Gasteiger partial charge < -0.3 is 10.1 Å². The van der Waals surface area contributed by atoms with Crippen molar-refractivity contribution < 1.29 is 4.74 Å². The average Bonchev–Trinajstić information content (AvgIpc) is 2.15. The number of ether oxygens (including phenoxy) is 1. The number of rotatable bonds is 6. The molecule has 0 rings (SSSR count). The average molecular weight is 215 g/mol.